The molecule has 4 atom stereocenters. The molecule has 0 bridgehead atoms. The summed E-state index contributed by atoms with van der Waals surface area (Å²) in [5.41, 5.74) is -2.10. The van der Waals surface area contributed by atoms with Gasteiger partial charge in [-0.25, -0.2) is 14.6 Å². The standard InChI is InChI=1S/C25H31N5O10/c1-11(2)21(33)37-9-17-19(31)25(5,36)23(40-17)30-8-14-15(27-24(35)39-10-38-22(34)12(3)4)6-13-18(14)16(29-30)7-26-28-20(13)32/h6-8,11-12,17,19,23,31,36H,9-10H2,1-5H3,(H,27,35)(H,28,32). The highest BCUT2D eigenvalue weighted by Gasteiger charge is 2.54. The zero-order valence-electron chi connectivity index (χ0n) is 22.5. The first-order chi connectivity index (χ1) is 18.8. The number of H-pyrrole nitrogens is 1. The van der Waals surface area contributed by atoms with Gasteiger partial charge >= 0.3 is 18.0 Å². The Morgan fingerprint density at radius 3 is 2.50 bits per heavy atom. The normalized spacial score (nSPS) is 22.7. The van der Waals surface area contributed by atoms with E-state index in [2.05, 4.69) is 20.6 Å². The van der Waals surface area contributed by atoms with Crippen LogP contribution in [0.2, 0.25) is 0 Å². The van der Waals surface area contributed by atoms with E-state index in [1.54, 1.807) is 27.7 Å². The third-order valence-electron chi connectivity index (χ3n) is 6.41. The number of aromatic amines is 1. The maximum absolute atomic E-state index is 12.6. The summed E-state index contributed by atoms with van der Waals surface area (Å²) < 4.78 is 22.1. The lowest BCUT2D eigenvalue weighted by atomic mass is 9.96. The highest BCUT2D eigenvalue weighted by atomic mass is 16.7. The number of aromatic nitrogens is 4. The Labute approximate surface area is 227 Å². The van der Waals surface area contributed by atoms with E-state index < -0.39 is 66.3 Å². The van der Waals surface area contributed by atoms with E-state index in [1.165, 1.54) is 30.1 Å². The molecule has 1 aliphatic rings. The van der Waals surface area contributed by atoms with Crippen LogP contribution in [0.1, 0.15) is 40.8 Å². The summed E-state index contributed by atoms with van der Waals surface area (Å²) in [7, 11) is 0. The van der Waals surface area contributed by atoms with Crippen LogP contribution in [0.5, 0.6) is 0 Å². The van der Waals surface area contributed by atoms with Gasteiger partial charge in [-0.05, 0) is 13.0 Å². The maximum atomic E-state index is 12.6. The Morgan fingerprint density at radius 1 is 1.15 bits per heavy atom. The molecule has 3 aromatic rings. The Balaban J connectivity index is 1.67. The van der Waals surface area contributed by atoms with Gasteiger partial charge in [-0.2, -0.15) is 10.2 Å². The van der Waals surface area contributed by atoms with Crippen LogP contribution < -0.4 is 10.9 Å². The molecule has 40 heavy (non-hydrogen) atoms. The summed E-state index contributed by atoms with van der Waals surface area (Å²) in [4.78, 5) is 48.6. The molecule has 1 saturated heterocycles. The van der Waals surface area contributed by atoms with Crippen LogP contribution in [-0.2, 0) is 28.5 Å². The second kappa shape index (κ2) is 11.2. The molecule has 0 saturated carbocycles. The van der Waals surface area contributed by atoms with Crippen molar-refractivity contribution in [3.63, 3.8) is 0 Å². The number of nitrogens with one attached hydrogen (secondary N) is 2. The number of hydrogen-bond acceptors (Lipinski definition) is 12. The minimum Gasteiger partial charge on any atom is -0.463 e. The van der Waals surface area contributed by atoms with Gasteiger partial charge in [0.1, 0.15) is 29.9 Å². The molecule has 0 radical (unpaired) electrons. The summed E-state index contributed by atoms with van der Waals surface area (Å²) in [6.45, 7) is 6.99. The van der Waals surface area contributed by atoms with E-state index in [0.29, 0.717) is 10.8 Å². The van der Waals surface area contributed by atoms with Crippen molar-refractivity contribution in [2.24, 2.45) is 11.8 Å². The fraction of sp³-hybridized carbons (Fsp3) is 0.520. The smallest absolute Gasteiger partial charge is 0.414 e. The van der Waals surface area contributed by atoms with Gasteiger partial charge < -0.3 is 29.2 Å². The van der Waals surface area contributed by atoms with Crippen molar-refractivity contribution < 1.29 is 43.5 Å². The SMILES string of the molecule is CC(C)C(=O)OCOC(=O)Nc1cc2c(=O)[nH]ncc3nn(C4OC(COC(=O)C(C)C)C(O)C4(C)O)cc1c32. The van der Waals surface area contributed by atoms with E-state index in [0.717, 1.165) is 0 Å². The van der Waals surface area contributed by atoms with Crippen molar-refractivity contribution in [1.29, 1.82) is 0 Å². The molecule has 1 fully saturated rings. The number of hydrogen-bond donors (Lipinski definition) is 4. The third kappa shape index (κ3) is 5.61. The lowest BCUT2D eigenvalue weighted by Gasteiger charge is -2.27. The quantitative estimate of drug-likeness (QED) is 0.226. The fourth-order valence-electron chi connectivity index (χ4n) is 4.17. The number of aliphatic hydroxyl groups is 2. The number of ether oxygens (including phenoxy) is 4. The van der Waals surface area contributed by atoms with Gasteiger partial charge in [0.15, 0.2) is 6.23 Å². The first kappa shape index (κ1) is 28.9. The average Bonchev–Trinajstić information content (AvgIpc) is 3.29. The van der Waals surface area contributed by atoms with Crippen molar-refractivity contribution in [1.82, 2.24) is 20.0 Å². The molecular formula is C25H31N5O10. The molecule has 216 valence electrons. The van der Waals surface area contributed by atoms with Gasteiger partial charge in [0.05, 0.1) is 29.1 Å². The summed E-state index contributed by atoms with van der Waals surface area (Å²) in [6, 6.07) is 1.39. The number of carbonyl (C=O) groups excluding carboxylic acids is 3. The second-order valence-electron chi connectivity index (χ2n) is 10.2. The molecule has 4 unspecified atom stereocenters. The molecular weight excluding hydrogens is 530 g/mol. The van der Waals surface area contributed by atoms with Gasteiger partial charge in [-0.1, -0.05) is 27.7 Å². The number of anilines is 1. The predicted octanol–water partition coefficient (Wildman–Crippen LogP) is 1.19. The monoisotopic (exact) mass is 561 g/mol. The minimum absolute atomic E-state index is 0.147. The first-order valence-electron chi connectivity index (χ1n) is 12.5. The highest BCUT2D eigenvalue weighted by molar-refractivity contribution is 6.16. The number of nitrogens with zero attached hydrogens (tertiary/aromatic N) is 3. The van der Waals surface area contributed by atoms with Crippen molar-refractivity contribution in [3.8, 4) is 0 Å². The summed E-state index contributed by atoms with van der Waals surface area (Å²) in [6.07, 6.45) is -2.05. The third-order valence-corrected chi connectivity index (χ3v) is 6.41. The summed E-state index contributed by atoms with van der Waals surface area (Å²) in [5.74, 6) is -1.85. The van der Waals surface area contributed by atoms with Crippen LogP contribution >= 0.6 is 0 Å². The van der Waals surface area contributed by atoms with Gasteiger partial charge in [0.25, 0.3) is 5.56 Å². The second-order valence-corrected chi connectivity index (χ2v) is 10.2. The van der Waals surface area contributed by atoms with E-state index in [1.807, 2.05) is 0 Å². The minimum atomic E-state index is -1.88. The van der Waals surface area contributed by atoms with Gasteiger partial charge in [0, 0.05) is 17.0 Å². The molecule has 15 heteroatoms. The number of aliphatic hydroxyl groups excluding tert-OH is 1. The molecule has 1 amide bonds. The highest BCUT2D eigenvalue weighted by Crippen LogP contribution is 2.40. The predicted molar refractivity (Wildman–Crippen MR) is 138 cm³/mol. The molecule has 4 N–H and O–H groups in total. The zero-order chi connectivity index (χ0) is 29.4. The van der Waals surface area contributed by atoms with Crippen LogP contribution in [0, 0.1) is 11.8 Å². The Hall–Kier alpha value is -4.08. The summed E-state index contributed by atoms with van der Waals surface area (Å²) >= 11 is 0. The Kier molecular flexibility index (Phi) is 8.09. The molecule has 2 aromatic heterocycles. The van der Waals surface area contributed by atoms with Crippen LogP contribution in [0.4, 0.5) is 10.5 Å². The molecule has 15 nitrogen and oxygen atoms in total. The molecule has 0 aliphatic carbocycles. The molecule has 0 spiro atoms. The van der Waals surface area contributed by atoms with Gasteiger partial charge in [-0.15, -0.1) is 0 Å². The lowest BCUT2D eigenvalue weighted by molar-refractivity contribution is -0.155. The Bertz CT molecular complexity index is 1490. The largest absolute Gasteiger partial charge is 0.463 e. The fourth-order valence-corrected chi connectivity index (χ4v) is 4.17. The number of carbonyl (C=O) groups is 3. The zero-order valence-corrected chi connectivity index (χ0v) is 22.5. The molecule has 4 rings (SSSR count). The number of rotatable bonds is 8. The topological polar surface area (TPSA) is 204 Å². The van der Waals surface area contributed by atoms with Crippen molar-refractivity contribution in [3.05, 3.63) is 28.8 Å². The number of esters is 2. The van der Waals surface area contributed by atoms with Crippen molar-refractivity contribution in [2.75, 3.05) is 18.7 Å². The summed E-state index contributed by atoms with van der Waals surface area (Å²) in [5, 5.41) is 35.9. The number of amides is 1. The van der Waals surface area contributed by atoms with Crippen LogP contribution in [0.15, 0.2) is 23.3 Å². The van der Waals surface area contributed by atoms with Crippen LogP contribution in [0.3, 0.4) is 0 Å². The molecule has 1 aromatic carbocycles. The molecule has 1 aliphatic heterocycles. The van der Waals surface area contributed by atoms with E-state index >= 15 is 0 Å². The maximum Gasteiger partial charge on any atom is 0.414 e. The van der Waals surface area contributed by atoms with Crippen LogP contribution in [0.25, 0.3) is 21.7 Å². The van der Waals surface area contributed by atoms with Crippen molar-refractivity contribution in [2.45, 2.75) is 58.7 Å². The van der Waals surface area contributed by atoms with Gasteiger partial charge in [-0.3, -0.25) is 19.7 Å². The molecule has 3 heterocycles. The lowest BCUT2D eigenvalue weighted by Crippen LogP contribution is -2.45. The average molecular weight is 562 g/mol. The van der Waals surface area contributed by atoms with E-state index in [9.17, 15) is 29.4 Å². The Morgan fingerprint density at radius 2 is 1.82 bits per heavy atom. The van der Waals surface area contributed by atoms with E-state index in [4.69, 9.17) is 18.9 Å². The van der Waals surface area contributed by atoms with E-state index in [-0.39, 0.29) is 23.2 Å². The van der Waals surface area contributed by atoms with Crippen molar-refractivity contribution >= 4 is 45.4 Å². The van der Waals surface area contributed by atoms with Crippen LogP contribution in [-0.4, -0.2) is 79.4 Å². The first-order valence-corrected chi connectivity index (χ1v) is 12.5. The van der Waals surface area contributed by atoms with Gasteiger partial charge in [0.2, 0.25) is 6.79 Å².